The standard InChI is InChI=1S/C12H12F5NO2/c1-3-18(5-7(19)20-2)4-6-8(13)10(15)12(17)11(16)9(6)14/h3-5H2,1-2H3. The van der Waals surface area contributed by atoms with Crippen LogP contribution in [0.5, 0.6) is 0 Å². The van der Waals surface area contributed by atoms with Crippen LogP contribution in [-0.4, -0.2) is 31.1 Å². The zero-order valence-electron chi connectivity index (χ0n) is 10.8. The number of likely N-dealkylation sites (N-methyl/N-ethyl adjacent to an activating group) is 1. The zero-order chi connectivity index (χ0) is 15.4. The van der Waals surface area contributed by atoms with Gasteiger partial charge in [-0.3, -0.25) is 9.69 Å². The van der Waals surface area contributed by atoms with Gasteiger partial charge < -0.3 is 4.74 Å². The molecular formula is C12H12F5NO2. The highest BCUT2D eigenvalue weighted by molar-refractivity contribution is 5.71. The quantitative estimate of drug-likeness (QED) is 0.362. The van der Waals surface area contributed by atoms with Crippen molar-refractivity contribution < 1.29 is 31.5 Å². The van der Waals surface area contributed by atoms with Crippen LogP contribution in [0.3, 0.4) is 0 Å². The van der Waals surface area contributed by atoms with Gasteiger partial charge in [0, 0.05) is 12.1 Å². The van der Waals surface area contributed by atoms with Crippen LogP contribution in [0.25, 0.3) is 0 Å². The Hall–Kier alpha value is -1.70. The second kappa shape index (κ2) is 6.65. The minimum absolute atomic E-state index is 0.161. The second-order valence-corrected chi connectivity index (χ2v) is 3.93. The predicted octanol–water partition coefficient (Wildman–Crippen LogP) is 2.38. The van der Waals surface area contributed by atoms with E-state index in [4.69, 9.17) is 0 Å². The van der Waals surface area contributed by atoms with E-state index in [0.717, 1.165) is 7.11 Å². The molecule has 3 nitrogen and oxygen atoms in total. The summed E-state index contributed by atoms with van der Waals surface area (Å²) in [6.07, 6.45) is 0. The molecule has 0 atom stereocenters. The number of halogens is 5. The van der Waals surface area contributed by atoms with Gasteiger partial charge >= 0.3 is 5.97 Å². The highest BCUT2D eigenvalue weighted by Gasteiger charge is 2.26. The maximum atomic E-state index is 13.5. The normalized spacial score (nSPS) is 11.0. The summed E-state index contributed by atoms with van der Waals surface area (Å²) in [7, 11) is 1.12. The molecule has 0 aliphatic rings. The number of esters is 1. The third-order valence-electron chi connectivity index (χ3n) is 2.71. The number of methoxy groups -OCH3 is 1. The van der Waals surface area contributed by atoms with Crippen LogP contribution >= 0.6 is 0 Å². The van der Waals surface area contributed by atoms with E-state index in [1.165, 1.54) is 4.90 Å². The SMILES string of the molecule is CCN(CC(=O)OC)Cc1c(F)c(F)c(F)c(F)c1F. The number of rotatable bonds is 5. The van der Waals surface area contributed by atoms with Gasteiger partial charge in [0.1, 0.15) is 0 Å². The number of hydrogen-bond acceptors (Lipinski definition) is 3. The lowest BCUT2D eigenvalue weighted by molar-refractivity contribution is -0.142. The van der Waals surface area contributed by atoms with Crippen molar-refractivity contribution in [3.63, 3.8) is 0 Å². The van der Waals surface area contributed by atoms with Crippen molar-refractivity contribution in [1.29, 1.82) is 0 Å². The molecule has 1 rings (SSSR count). The molecule has 0 bridgehead atoms. The highest BCUT2D eigenvalue weighted by Crippen LogP contribution is 2.24. The molecule has 20 heavy (non-hydrogen) atoms. The molecule has 1 aromatic carbocycles. The Balaban J connectivity index is 3.11. The second-order valence-electron chi connectivity index (χ2n) is 3.93. The fourth-order valence-corrected chi connectivity index (χ4v) is 1.54. The van der Waals surface area contributed by atoms with Gasteiger partial charge in [0.05, 0.1) is 13.7 Å². The smallest absolute Gasteiger partial charge is 0.319 e. The van der Waals surface area contributed by atoms with Crippen LogP contribution in [0.2, 0.25) is 0 Å². The summed E-state index contributed by atoms with van der Waals surface area (Å²) >= 11 is 0. The molecule has 0 saturated heterocycles. The average molecular weight is 297 g/mol. The van der Waals surface area contributed by atoms with Crippen molar-refractivity contribution in [2.75, 3.05) is 20.2 Å². The minimum Gasteiger partial charge on any atom is -0.468 e. The van der Waals surface area contributed by atoms with E-state index in [-0.39, 0.29) is 13.1 Å². The Kier molecular flexibility index (Phi) is 5.43. The van der Waals surface area contributed by atoms with Crippen molar-refractivity contribution in [3.05, 3.63) is 34.6 Å². The summed E-state index contributed by atoms with van der Waals surface area (Å²) in [5, 5.41) is 0. The lowest BCUT2D eigenvalue weighted by atomic mass is 10.1. The van der Waals surface area contributed by atoms with Crippen LogP contribution < -0.4 is 0 Å². The molecule has 0 heterocycles. The molecule has 0 aliphatic carbocycles. The Morgan fingerprint density at radius 2 is 1.45 bits per heavy atom. The summed E-state index contributed by atoms with van der Waals surface area (Å²) in [4.78, 5) is 12.3. The third-order valence-corrected chi connectivity index (χ3v) is 2.71. The Morgan fingerprint density at radius 3 is 1.85 bits per heavy atom. The number of benzene rings is 1. The Labute approximate surface area is 111 Å². The molecule has 0 saturated carbocycles. The van der Waals surface area contributed by atoms with Crippen LogP contribution in [0.4, 0.5) is 22.0 Å². The summed E-state index contributed by atoms with van der Waals surface area (Å²) in [5.74, 6) is -10.7. The average Bonchev–Trinajstić information content (AvgIpc) is 2.45. The first-order valence-electron chi connectivity index (χ1n) is 5.62. The molecular weight excluding hydrogens is 285 g/mol. The summed E-state index contributed by atoms with van der Waals surface area (Å²) < 4.78 is 70.2. The van der Waals surface area contributed by atoms with Gasteiger partial charge in [-0.15, -0.1) is 0 Å². The largest absolute Gasteiger partial charge is 0.468 e. The number of ether oxygens (including phenoxy) is 1. The van der Waals surface area contributed by atoms with Gasteiger partial charge in [-0.2, -0.15) is 0 Å². The van der Waals surface area contributed by atoms with Gasteiger partial charge in [-0.25, -0.2) is 22.0 Å². The predicted molar refractivity (Wildman–Crippen MR) is 59.2 cm³/mol. The first-order chi connectivity index (χ1) is 9.33. The summed E-state index contributed by atoms with van der Waals surface area (Å²) in [5.41, 5.74) is -0.979. The third kappa shape index (κ3) is 3.24. The van der Waals surface area contributed by atoms with Crippen LogP contribution in [0.1, 0.15) is 12.5 Å². The molecule has 0 N–H and O–H groups in total. The van der Waals surface area contributed by atoms with E-state index in [9.17, 15) is 26.7 Å². The van der Waals surface area contributed by atoms with Gasteiger partial charge in [-0.05, 0) is 6.54 Å². The van der Waals surface area contributed by atoms with Crippen LogP contribution in [-0.2, 0) is 16.1 Å². The van der Waals surface area contributed by atoms with Gasteiger partial charge in [0.15, 0.2) is 23.3 Å². The molecule has 0 unspecified atom stereocenters. The Bertz CT molecular complexity index is 492. The maximum Gasteiger partial charge on any atom is 0.319 e. The fraction of sp³-hybridized carbons (Fsp3) is 0.417. The summed E-state index contributed by atoms with van der Waals surface area (Å²) in [6, 6.07) is 0. The molecule has 0 aliphatic heterocycles. The van der Waals surface area contributed by atoms with E-state index in [0.29, 0.717) is 0 Å². The highest BCUT2D eigenvalue weighted by atomic mass is 19.2. The van der Waals surface area contributed by atoms with Crippen LogP contribution in [0, 0.1) is 29.1 Å². The van der Waals surface area contributed by atoms with Crippen LogP contribution in [0.15, 0.2) is 0 Å². The zero-order valence-corrected chi connectivity index (χ0v) is 10.8. The number of carbonyl (C=O) groups is 1. The summed E-state index contributed by atoms with van der Waals surface area (Å²) in [6.45, 7) is 0.799. The monoisotopic (exact) mass is 297 g/mol. The van der Waals surface area contributed by atoms with E-state index < -0.39 is 47.2 Å². The molecule has 1 aromatic rings. The molecule has 112 valence electrons. The number of nitrogens with zero attached hydrogens (tertiary/aromatic N) is 1. The topological polar surface area (TPSA) is 29.5 Å². The fourth-order valence-electron chi connectivity index (χ4n) is 1.54. The van der Waals surface area contributed by atoms with Crippen molar-refractivity contribution in [1.82, 2.24) is 4.90 Å². The lowest BCUT2D eigenvalue weighted by Gasteiger charge is -2.20. The van der Waals surface area contributed by atoms with Crippen molar-refractivity contribution in [2.45, 2.75) is 13.5 Å². The Morgan fingerprint density at radius 1 is 1.00 bits per heavy atom. The first-order valence-corrected chi connectivity index (χ1v) is 5.62. The molecule has 0 aromatic heterocycles. The minimum atomic E-state index is -2.21. The number of carbonyl (C=O) groups excluding carboxylic acids is 1. The van der Waals surface area contributed by atoms with E-state index >= 15 is 0 Å². The van der Waals surface area contributed by atoms with Crippen molar-refractivity contribution in [2.24, 2.45) is 0 Å². The maximum absolute atomic E-state index is 13.5. The molecule has 0 spiro atoms. The van der Waals surface area contributed by atoms with Crippen molar-refractivity contribution >= 4 is 5.97 Å². The van der Waals surface area contributed by atoms with E-state index in [1.807, 2.05) is 0 Å². The van der Waals surface area contributed by atoms with E-state index in [1.54, 1.807) is 6.92 Å². The molecule has 0 amide bonds. The number of hydrogen-bond donors (Lipinski definition) is 0. The molecule has 8 heteroatoms. The molecule has 0 fully saturated rings. The van der Waals surface area contributed by atoms with Gasteiger partial charge in [-0.1, -0.05) is 6.92 Å². The molecule has 0 radical (unpaired) electrons. The van der Waals surface area contributed by atoms with Crippen molar-refractivity contribution in [3.8, 4) is 0 Å². The van der Waals surface area contributed by atoms with Gasteiger partial charge in [0.25, 0.3) is 0 Å². The lowest BCUT2D eigenvalue weighted by Crippen LogP contribution is -2.31. The van der Waals surface area contributed by atoms with E-state index in [2.05, 4.69) is 4.74 Å². The first kappa shape index (κ1) is 16.4. The van der Waals surface area contributed by atoms with Gasteiger partial charge in [0.2, 0.25) is 5.82 Å².